The Kier molecular flexibility index (Phi) is 3.42. The van der Waals surface area contributed by atoms with Gasteiger partial charge in [0, 0.05) is 22.4 Å². The first-order valence-corrected chi connectivity index (χ1v) is 6.68. The zero-order valence-corrected chi connectivity index (χ0v) is 11.9. The van der Waals surface area contributed by atoms with Crippen molar-refractivity contribution in [1.82, 2.24) is 5.01 Å². The molecule has 1 aromatic rings. The van der Waals surface area contributed by atoms with Crippen LogP contribution in [0, 0.1) is 13.8 Å². The maximum absolute atomic E-state index is 13.0. The number of carbonyl (C=O) groups is 1. The molecule has 1 amide bonds. The van der Waals surface area contributed by atoms with Gasteiger partial charge in [-0.25, -0.2) is 0 Å². The number of hydrazone groups is 1. The summed E-state index contributed by atoms with van der Waals surface area (Å²) in [6.07, 6.45) is -5.70. The van der Waals surface area contributed by atoms with E-state index in [0.717, 1.165) is 4.88 Å². The highest BCUT2D eigenvalue weighted by molar-refractivity contribution is 7.10. The fourth-order valence-electron chi connectivity index (χ4n) is 1.99. The van der Waals surface area contributed by atoms with E-state index in [-0.39, 0.29) is 16.3 Å². The summed E-state index contributed by atoms with van der Waals surface area (Å²) in [4.78, 5) is 13.1. The lowest BCUT2D eigenvalue weighted by Gasteiger charge is -2.32. The van der Waals surface area contributed by atoms with Gasteiger partial charge in [-0.15, -0.1) is 11.3 Å². The number of nitrogens with zero attached hydrogens (tertiary/aromatic N) is 2. The van der Waals surface area contributed by atoms with Gasteiger partial charge in [0.15, 0.2) is 0 Å². The predicted octanol–water partition coefficient (Wildman–Crippen LogP) is 2.84. The molecule has 110 valence electrons. The van der Waals surface area contributed by atoms with E-state index in [1.165, 1.54) is 23.6 Å². The molecule has 0 unspecified atom stereocenters. The van der Waals surface area contributed by atoms with Crippen molar-refractivity contribution in [3.05, 3.63) is 21.4 Å². The van der Waals surface area contributed by atoms with E-state index < -0.39 is 24.2 Å². The van der Waals surface area contributed by atoms with E-state index in [1.54, 1.807) is 13.8 Å². The molecule has 0 fully saturated rings. The van der Waals surface area contributed by atoms with Crippen LogP contribution < -0.4 is 0 Å². The van der Waals surface area contributed by atoms with Gasteiger partial charge in [0.25, 0.3) is 11.6 Å². The van der Waals surface area contributed by atoms with Crippen LogP contribution in [0.25, 0.3) is 0 Å². The maximum atomic E-state index is 13.0. The molecular formula is C12H13F3N2O2S. The second kappa shape index (κ2) is 4.56. The van der Waals surface area contributed by atoms with Gasteiger partial charge in [-0.2, -0.15) is 23.3 Å². The van der Waals surface area contributed by atoms with Gasteiger partial charge >= 0.3 is 6.18 Å². The third kappa shape index (κ3) is 2.12. The van der Waals surface area contributed by atoms with Gasteiger partial charge in [-0.1, -0.05) is 0 Å². The van der Waals surface area contributed by atoms with Crippen LogP contribution in [0.4, 0.5) is 13.2 Å². The molecule has 1 aliphatic heterocycles. The molecule has 0 saturated heterocycles. The maximum Gasteiger partial charge on any atom is 0.438 e. The van der Waals surface area contributed by atoms with Crippen molar-refractivity contribution in [2.75, 3.05) is 0 Å². The molecule has 1 aliphatic rings. The van der Waals surface area contributed by atoms with Crippen LogP contribution in [0.15, 0.2) is 10.5 Å². The van der Waals surface area contributed by atoms with Crippen LogP contribution in [-0.2, 0) is 0 Å². The third-order valence-corrected chi connectivity index (χ3v) is 4.30. The molecule has 0 bridgehead atoms. The Morgan fingerprint density at radius 2 is 2.05 bits per heavy atom. The van der Waals surface area contributed by atoms with E-state index in [0.29, 0.717) is 5.56 Å². The second-order valence-corrected chi connectivity index (χ2v) is 5.86. The van der Waals surface area contributed by atoms with Gasteiger partial charge < -0.3 is 5.11 Å². The summed E-state index contributed by atoms with van der Waals surface area (Å²) >= 11 is 1.27. The van der Waals surface area contributed by atoms with Crippen LogP contribution in [0.3, 0.4) is 0 Å². The van der Waals surface area contributed by atoms with Crippen LogP contribution in [0.1, 0.15) is 34.1 Å². The molecule has 2 heterocycles. The molecule has 0 aliphatic carbocycles. The number of halogens is 3. The van der Waals surface area contributed by atoms with Crippen molar-refractivity contribution >= 4 is 23.0 Å². The number of carbonyl (C=O) groups excluding carboxylic acids is 1. The lowest BCUT2D eigenvalue weighted by molar-refractivity contribution is -0.297. The highest BCUT2D eigenvalue weighted by Gasteiger charge is 2.62. The van der Waals surface area contributed by atoms with E-state index in [9.17, 15) is 23.1 Å². The number of thiophene rings is 1. The summed E-state index contributed by atoms with van der Waals surface area (Å²) in [6.45, 7) is 4.76. The molecule has 0 radical (unpaired) electrons. The van der Waals surface area contributed by atoms with Gasteiger partial charge in [0.1, 0.15) is 0 Å². The molecule has 8 heteroatoms. The zero-order valence-electron chi connectivity index (χ0n) is 11.1. The van der Waals surface area contributed by atoms with Gasteiger partial charge in [-0.05, 0) is 26.3 Å². The predicted molar refractivity (Wildman–Crippen MR) is 68.7 cm³/mol. The first kappa shape index (κ1) is 15.0. The van der Waals surface area contributed by atoms with E-state index in [2.05, 4.69) is 5.10 Å². The van der Waals surface area contributed by atoms with Crippen molar-refractivity contribution in [2.45, 2.75) is 39.1 Å². The molecule has 0 spiro atoms. The molecule has 0 saturated carbocycles. The topological polar surface area (TPSA) is 52.9 Å². The van der Waals surface area contributed by atoms with Crippen molar-refractivity contribution in [1.29, 1.82) is 0 Å². The summed E-state index contributed by atoms with van der Waals surface area (Å²) in [6, 6.07) is 0. The number of aryl methyl sites for hydroxylation is 1. The lowest BCUT2D eigenvalue weighted by Crippen LogP contribution is -2.56. The van der Waals surface area contributed by atoms with Crippen molar-refractivity contribution in [3.63, 3.8) is 0 Å². The molecular weight excluding hydrogens is 293 g/mol. The van der Waals surface area contributed by atoms with Gasteiger partial charge in [0.05, 0.1) is 5.56 Å². The quantitative estimate of drug-likeness (QED) is 0.867. The minimum Gasteiger partial charge on any atom is -0.362 e. The minimum absolute atomic E-state index is 0.0581. The minimum atomic E-state index is -4.97. The largest absolute Gasteiger partial charge is 0.438 e. The Morgan fingerprint density at radius 3 is 2.50 bits per heavy atom. The normalized spacial score (nSPS) is 23.1. The van der Waals surface area contributed by atoms with Crippen molar-refractivity contribution in [3.8, 4) is 0 Å². The number of rotatable bonds is 1. The number of amides is 1. The van der Waals surface area contributed by atoms with Crippen LogP contribution in [0.2, 0.25) is 0 Å². The standard InChI is InChI=1S/C12H13F3N2O2S/c1-6-4-11(19,12(13,14)15)17(16-6)10(18)9-5-20-8(3)7(9)2/h5,19H,4H2,1-3H3/t11-/m0/s1. The molecule has 1 aromatic heterocycles. The highest BCUT2D eigenvalue weighted by Crippen LogP contribution is 2.41. The Labute approximate surface area is 117 Å². The Hall–Kier alpha value is -1.41. The first-order chi connectivity index (χ1) is 9.08. The lowest BCUT2D eigenvalue weighted by atomic mass is 10.1. The number of aliphatic hydroxyl groups is 1. The Morgan fingerprint density at radius 1 is 1.45 bits per heavy atom. The average molecular weight is 306 g/mol. The SMILES string of the molecule is CC1=NN(C(=O)c2csc(C)c2C)[C@@](O)(C(F)(F)F)C1. The monoisotopic (exact) mass is 306 g/mol. The molecule has 1 N–H and O–H groups in total. The summed E-state index contributed by atoms with van der Waals surface area (Å²) in [7, 11) is 0. The fourth-order valence-corrected chi connectivity index (χ4v) is 2.85. The molecule has 0 aromatic carbocycles. The average Bonchev–Trinajstić information content (AvgIpc) is 2.80. The summed E-state index contributed by atoms with van der Waals surface area (Å²) in [5.41, 5.74) is -2.48. The van der Waals surface area contributed by atoms with Crippen LogP contribution >= 0.6 is 11.3 Å². The Balaban J connectivity index is 2.45. The molecule has 1 atom stereocenters. The number of alkyl halides is 3. The number of hydrogen-bond donors (Lipinski definition) is 1. The van der Waals surface area contributed by atoms with E-state index in [4.69, 9.17) is 0 Å². The first-order valence-electron chi connectivity index (χ1n) is 5.80. The number of hydrogen-bond acceptors (Lipinski definition) is 4. The van der Waals surface area contributed by atoms with Crippen molar-refractivity contribution in [2.24, 2.45) is 5.10 Å². The third-order valence-electron chi connectivity index (χ3n) is 3.29. The van der Waals surface area contributed by atoms with E-state index >= 15 is 0 Å². The summed E-state index contributed by atoms with van der Waals surface area (Å²) < 4.78 is 39.1. The summed E-state index contributed by atoms with van der Waals surface area (Å²) in [5, 5.41) is 15.1. The molecule has 4 nitrogen and oxygen atoms in total. The zero-order chi connectivity index (χ0) is 15.3. The van der Waals surface area contributed by atoms with Crippen LogP contribution in [0.5, 0.6) is 0 Å². The van der Waals surface area contributed by atoms with Crippen molar-refractivity contribution < 1.29 is 23.1 Å². The fraction of sp³-hybridized carbons (Fsp3) is 0.500. The van der Waals surface area contributed by atoms with Gasteiger partial charge in [-0.3, -0.25) is 4.79 Å². The smallest absolute Gasteiger partial charge is 0.362 e. The van der Waals surface area contributed by atoms with E-state index in [1.807, 2.05) is 0 Å². The molecule has 2 rings (SSSR count). The van der Waals surface area contributed by atoms with Crippen LogP contribution in [-0.4, -0.2) is 33.6 Å². The summed E-state index contributed by atoms with van der Waals surface area (Å²) in [5.74, 6) is -0.941. The Bertz CT molecular complexity index is 594. The molecule has 20 heavy (non-hydrogen) atoms. The van der Waals surface area contributed by atoms with Gasteiger partial charge in [0.2, 0.25) is 0 Å². The second-order valence-electron chi connectivity index (χ2n) is 4.77. The highest BCUT2D eigenvalue weighted by atomic mass is 32.1.